The summed E-state index contributed by atoms with van der Waals surface area (Å²) in [4.78, 5) is 24.5. The quantitative estimate of drug-likeness (QED) is 0.602. The average molecular weight is 343 g/mol. The molecule has 3 N–H and O–H groups in total. The molecule has 0 bridgehead atoms. The van der Waals surface area contributed by atoms with Gasteiger partial charge in [0.05, 0.1) is 5.41 Å². The number of hydrogen-bond donors (Lipinski definition) is 2. The van der Waals surface area contributed by atoms with Crippen molar-refractivity contribution in [1.29, 1.82) is 0 Å². The molecule has 3 aliphatic heterocycles. The highest BCUT2D eigenvalue weighted by Crippen LogP contribution is 2.43. The number of β-lactam (4-membered cyclic amide) rings is 1. The minimum absolute atomic E-state index is 0.00293. The van der Waals surface area contributed by atoms with Crippen molar-refractivity contribution in [3.8, 4) is 0 Å². The van der Waals surface area contributed by atoms with Crippen LogP contribution >= 0.6 is 23.7 Å². The second-order valence-corrected chi connectivity index (χ2v) is 7.61. The van der Waals surface area contributed by atoms with E-state index in [1.165, 1.54) is 11.8 Å². The lowest BCUT2D eigenvalue weighted by atomic mass is 9.83. The van der Waals surface area contributed by atoms with Crippen molar-refractivity contribution >= 4 is 35.6 Å². The molecule has 22 heavy (non-hydrogen) atoms. The standard InChI is InChI=1S/C10H16N2O3S.C2HN3S/c1-2-3-10(9(14)15)4-12-7(13)6(11)8(12)16-5-10;1-3-4-2-5(1)6-2/h6,8H,2-5,11H2,1H3,(H,14,15);1H/t6?,8-,10?;/m1./s1. The Kier molecular flexibility index (Phi) is 4.08. The first kappa shape index (κ1) is 15.6. The molecule has 0 aromatic carbocycles. The fraction of sp³-hybridized carbons (Fsp3) is 0.667. The van der Waals surface area contributed by atoms with Gasteiger partial charge in [-0.1, -0.05) is 13.3 Å². The lowest BCUT2D eigenvalue weighted by molar-refractivity contribution is -0.157. The number of amides is 1. The molecule has 3 aliphatic rings. The van der Waals surface area contributed by atoms with Crippen LogP contribution in [0.1, 0.15) is 19.8 Å². The first-order valence-electron chi connectivity index (χ1n) is 6.98. The average Bonchev–Trinajstić information content (AvgIpc) is 3.12. The molecule has 1 aromatic heterocycles. The summed E-state index contributed by atoms with van der Waals surface area (Å²) in [5, 5.41) is 17.6. The van der Waals surface area contributed by atoms with E-state index in [9.17, 15) is 14.7 Å². The smallest absolute Gasteiger partial charge is 0.312 e. The van der Waals surface area contributed by atoms with E-state index in [1.807, 2.05) is 10.9 Å². The molecular weight excluding hydrogens is 326 g/mol. The molecule has 0 spiro atoms. The van der Waals surface area contributed by atoms with E-state index < -0.39 is 17.4 Å². The molecule has 0 radical (unpaired) electrons. The van der Waals surface area contributed by atoms with Crippen molar-refractivity contribution in [2.75, 3.05) is 12.3 Å². The molecule has 1 aromatic rings. The molecule has 2 unspecified atom stereocenters. The van der Waals surface area contributed by atoms with Crippen LogP contribution in [0.3, 0.4) is 0 Å². The van der Waals surface area contributed by atoms with Crippen molar-refractivity contribution in [1.82, 2.24) is 19.1 Å². The van der Waals surface area contributed by atoms with Crippen LogP contribution in [0.15, 0.2) is 11.5 Å². The molecule has 4 heterocycles. The molecular formula is C12H17N5O3S2. The van der Waals surface area contributed by atoms with Crippen LogP contribution in [-0.2, 0) is 9.59 Å². The highest BCUT2D eigenvalue weighted by Gasteiger charge is 2.55. The van der Waals surface area contributed by atoms with Gasteiger partial charge >= 0.3 is 5.97 Å². The van der Waals surface area contributed by atoms with Gasteiger partial charge in [-0.05, 0) is 6.42 Å². The van der Waals surface area contributed by atoms with Gasteiger partial charge < -0.3 is 15.7 Å². The van der Waals surface area contributed by atoms with Crippen LogP contribution in [-0.4, -0.2) is 59.8 Å². The zero-order valence-electron chi connectivity index (χ0n) is 12.0. The zero-order valence-corrected chi connectivity index (χ0v) is 13.6. The molecule has 120 valence electrons. The third-order valence-electron chi connectivity index (χ3n) is 4.00. The molecule has 8 nitrogen and oxygen atoms in total. The normalized spacial score (nSPS) is 31.4. The van der Waals surface area contributed by atoms with Crippen molar-refractivity contribution in [2.24, 2.45) is 11.1 Å². The predicted octanol–water partition coefficient (Wildman–Crippen LogP) is 0.247. The molecule has 2 saturated heterocycles. The Balaban J connectivity index is 0.000000196. The van der Waals surface area contributed by atoms with Crippen molar-refractivity contribution < 1.29 is 14.7 Å². The number of fused-ring (bicyclic) bond motifs is 2. The topological polar surface area (TPSA) is 114 Å². The molecule has 10 heteroatoms. The Morgan fingerprint density at radius 3 is 2.86 bits per heavy atom. The Morgan fingerprint density at radius 2 is 2.41 bits per heavy atom. The summed E-state index contributed by atoms with van der Waals surface area (Å²) in [6.45, 7) is 2.28. The summed E-state index contributed by atoms with van der Waals surface area (Å²) in [6, 6.07) is -0.432. The van der Waals surface area contributed by atoms with Gasteiger partial charge in [0.25, 0.3) is 0 Å². The maximum atomic E-state index is 11.5. The SMILES string of the molecule is CCCC1(C(=O)O)CS[C@@H]2C(N)C(=O)N2C1.c1nnc2n1S2. The van der Waals surface area contributed by atoms with Crippen LogP contribution in [0.5, 0.6) is 0 Å². The van der Waals surface area contributed by atoms with Gasteiger partial charge in [-0.25, -0.2) is 3.97 Å². The number of nitrogens with zero attached hydrogens (tertiary/aromatic N) is 4. The minimum Gasteiger partial charge on any atom is -0.481 e. The third-order valence-corrected chi connectivity index (χ3v) is 6.35. The van der Waals surface area contributed by atoms with Crippen LogP contribution < -0.4 is 5.73 Å². The van der Waals surface area contributed by atoms with Gasteiger partial charge in [0.2, 0.25) is 11.1 Å². The minimum atomic E-state index is -0.798. The Morgan fingerprint density at radius 1 is 1.64 bits per heavy atom. The first-order chi connectivity index (χ1) is 10.5. The molecule has 3 atom stereocenters. The van der Waals surface area contributed by atoms with Gasteiger partial charge in [0, 0.05) is 24.2 Å². The van der Waals surface area contributed by atoms with Crippen molar-refractivity contribution in [3.05, 3.63) is 6.33 Å². The van der Waals surface area contributed by atoms with Gasteiger partial charge in [-0.3, -0.25) is 9.59 Å². The molecule has 0 saturated carbocycles. The predicted molar refractivity (Wildman–Crippen MR) is 82.2 cm³/mol. The zero-order chi connectivity index (χ0) is 15.9. The molecule has 4 rings (SSSR count). The number of aromatic nitrogens is 3. The summed E-state index contributed by atoms with van der Waals surface area (Å²) in [6.07, 6.45) is 3.12. The summed E-state index contributed by atoms with van der Waals surface area (Å²) < 4.78 is 1.90. The molecule has 2 fully saturated rings. The lowest BCUT2D eigenvalue weighted by Gasteiger charge is -2.52. The van der Waals surface area contributed by atoms with E-state index in [2.05, 4.69) is 10.2 Å². The van der Waals surface area contributed by atoms with E-state index in [1.54, 1.807) is 23.2 Å². The molecule has 0 aliphatic carbocycles. The van der Waals surface area contributed by atoms with E-state index >= 15 is 0 Å². The van der Waals surface area contributed by atoms with E-state index in [0.717, 1.165) is 11.6 Å². The largest absolute Gasteiger partial charge is 0.481 e. The summed E-state index contributed by atoms with van der Waals surface area (Å²) in [5.74, 6) is -0.356. The summed E-state index contributed by atoms with van der Waals surface area (Å²) >= 11 is 3.11. The van der Waals surface area contributed by atoms with E-state index in [4.69, 9.17) is 5.73 Å². The maximum absolute atomic E-state index is 11.5. The van der Waals surface area contributed by atoms with E-state index in [0.29, 0.717) is 18.7 Å². The maximum Gasteiger partial charge on any atom is 0.312 e. The monoisotopic (exact) mass is 343 g/mol. The number of aliphatic carboxylic acids is 1. The number of carbonyl (C=O) groups is 2. The fourth-order valence-corrected chi connectivity index (χ4v) is 4.64. The Bertz CT molecular complexity index is 593. The highest BCUT2D eigenvalue weighted by molar-refractivity contribution is 8.02. The van der Waals surface area contributed by atoms with Crippen molar-refractivity contribution in [2.45, 2.75) is 36.3 Å². The van der Waals surface area contributed by atoms with Crippen LogP contribution in [0.4, 0.5) is 0 Å². The fourth-order valence-electron chi connectivity index (χ4n) is 2.72. The summed E-state index contributed by atoms with van der Waals surface area (Å²) in [7, 11) is 0. The number of carboxylic acids is 1. The molecule has 1 amide bonds. The Hall–Kier alpha value is -1.26. The van der Waals surface area contributed by atoms with Crippen LogP contribution in [0, 0.1) is 5.41 Å². The van der Waals surface area contributed by atoms with Crippen LogP contribution in [0.25, 0.3) is 0 Å². The van der Waals surface area contributed by atoms with Crippen molar-refractivity contribution in [3.63, 3.8) is 0 Å². The number of carboxylic acid groups (broad SMARTS) is 1. The van der Waals surface area contributed by atoms with E-state index in [-0.39, 0.29) is 11.3 Å². The second kappa shape index (κ2) is 5.74. The van der Waals surface area contributed by atoms with Gasteiger partial charge in [0.1, 0.15) is 17.7 Å². The number of nitrogens with two attached hydrogens (primary N) is 1. The Labute approximate surface area is 135 Å². The van der Waals surface area contributed by atoms with Gasteiger partial charge in [-0.15, -0.1) is 22.0 Å². The van der Waals surface area contributed by atoms with Crippen LogP contribution in [0.2, 0.25) is 0 Å². The van der Waals surface area contributed by atoms with Gasteiger partial charge in [-0.2, -0.15) is 0 Å². The highest BCUT2D eigenvalue weighted by atomic mass is 32.2. The first-order valence-corrected chi connectivity index (χ1v) is 8.80. The number of rotatable bonds is 3. The number of thioether (sulfide) groups is 1. The number of hydrogen-bond acceptors (Lipinski definition) is 7. The lowest BCUT2D eigenvalue weighted by Crippen LogP contribution is -2.72. The second-order valence-electron chi connectivity index (χ2n) is 5.56. The van der Waals surface area contributed by atoms with Gasteiger partial charge in [0.15, 0.2) is 0 Å². The number of carbonyl (C=O) groups excluding carboxylic acids is 1. The summed E-state index contributed by atoms with van der Waals surface area (Å²) in [5.41, 5.74) is 4.88. The third kappa shape index (κ3) is 2.59.